The van der Waals surface area contributed by atoms with Gasteiger partial charge in [0.25, 0.3) is 5.91 Å². The normalized spacial score (nSPS) is 11.0. The third-order valence-corrected chi connectivity index (χ3v) is 3.06. The fourth-order valence-electron chi connectivity index (χ4n) is 1.98. The number of carbonyl (C=O) groups is 2. The van der Waals surface area contributed by atoms with E-state index in [1.54, 1.807) is 24.3 Å². The minimum atomic E-state index is -0.479. The Labute approximate surface area is 134 Å². The quantitative estimate of drug-likeness (QED) is 0.834. The van der Waals surface area contributed by atoms with Crippen molar-refractivity contribution in [1.82, 2.24) is 10.6 Å². The van der Waals surface area contributed by atoms with Crippen molar-refractivity contribution in [3.8, 4) is 0 Å². The predicted molar refractivity (Wildman–Crippen MR) is 86.5 cm³/mol. The fourth-order valence-corrected chi connectivity index (χ4v) is 1.98. The van der Waals surface area contributed by atoms with Gasteiger partial charge in [-0.15, -0.1) is 0 Å². The highest BCUT2D eigenvalue weighted by Gasteiger charge is 2.12. The summed E-state index contributed by atoms with van der Waals surface area (Å²) in [6, 6.07) is 15.3. The van der Waals surface area contributed by atoms with Gasteiger partial charge in [0.15, 0.2) is 0 Å². The largest absolute Gasteiger partial charge is 0.347 e. The van der Waals surface area contributed by atoms with E-state index in [0.29, 0.717) is 5.56 Å². The summed E-state index contributed by atoms with van der Waals surface area (Å²) < 4.78 is 13.6. The summed E-state index contributed by atoms with van der Waals surface area (Å²) >= 11 is 0. The minimum Gasteiger partial charge on any atom is -0.347 e. The second kappa shape index (κ2) is 7.89. The van der Waals surface area contributed by atoms with E-state index in [1.165, 1.54) is 13.0 Å². The lowest BCUT2D eigenvalue weighted by Gasteiger charge is -2.10. The molecule has 0 atom stereocenters. The van der Waals surface area contributed by atoms with E-state index < -0.39 is 5.91 Å². The molecule has 0 spiro atoms. The molecular weight excluding hydrogens is 295 g/mol. The predicted octanol–water partition coefficient (Wildman–Crippen LogP) is 2.62. The van der Waals surface area contributed by atoms with Crippen molar-refractivity contribution in [3.05, 3.63) is 77.2 Å². The van der Waals surface area contributed by atoms with Gasteiger partial charge in [-0.25, -0.2) is 4.39 Å². The number of amides is 2. The van der Waals surface area contributed by atoms with Gasteiger partial charge in [-0.2, -0.15) is 0 Å². The summed E-state index contributed by atoms with van der Waals surface area (Å²) in [5.41, 5.74) is 1.26. The average Bonchev–Trinajstić information content (AvgIpc) is 2.54. The molecule has 0 radical (unpaired) electrons. The standard InChI is InChI=1S/C18H17FN2O2/c1-13(22)21-17(11-14-7-3-2-4-8-14)18(23)20-12-15-9-5-6-10-16(15)19/h2-11H,12H2,1H3,(H,20,23)(H,21,22)/b17-11-. The van der Waals surface area contributed by atoms with Crippen molar-refractivity contribution in [3.63, 3.8) is 0 Å². The molecule has 5 heteroatoms. The van der Waals surface area contributed by atoms with Gasteiger partial charge in [0.2, 0.25) is 5.91 Å². The maximum Gasteiger partial charge on any atom is 0.268 e. The monoisotopic (exact) mass is 312 g/mol. The Bertz CT molecular complexity index is 727. The first-order chi connectivity index (χ1) is 11.1. The highest BCUT2D eigenvalue weighted by Crippen LogP contribution is 2.08. The van der Waals surface area contributed by atoms with Crippen LogP contribution in [0.3, 0.4) is 0 Å². The Morgan fingerprint density at radius 1 is 1.04 bits per heavy atom. The zero-order valence-corrected chi connectivity index (χ0v) is 12.7. The van der Waals surface area contributed by atoms with E-state index in [2.05, 4.69) is 10.6 Å². The van der Waals surface area contributed by atoms with Gasteiger partial charge in [0.1, 0.15) is 11.5 Å². The summed E-state index contributed by atoms with van der Waals surface area (Å²) in [6.45, 7) is 1.36. The van der Waals surface area contributed by atoms with Crippen molar-refractivity contribution in [2.24, 2.45) is 0 Å². The number of benzene rings is 2. The molecule has 0 aliphatic carbocycles. The average molecular weight is 312 g/mol. The molecule has 118 valence electrons. The topological polar surface area (TPSA) is 58.2 Å². The molecule has 0 bridgehead atoms. The Balaban J connectivity index is 2.12. The summed E-state index contributed by atoms with van der Waals surface area (Å²) in [5.74, 6) is -1.22. The van der Waals surface area contributed by atoms with E-state index in [1.807, 2.05) is 30.3 Å². The first kappa shape index (κ1) is 16.4. The third-order valence-electron chi connectivity index (χ3n) is 3.06. The van der Waals surface area contributed by atoms with Crippen LogP contribution in [0.15, 0.2) is 60.3 Å². The van der Waals surface area contributed by atoms with Crippen LogP contribution in [-0.2, 0) is 16.1 Å². The smallest absolute Gasteiger partial charge is 0.268 e. The molecule has 0 fully saturated rings. The molecule has 0 heterocycles. The van der Waals surface area contributed by atoms with E-state index in [4.69, 9.17) is 0 Å². The number of carbonyl (C=O) groups excluding carboxylic acids is 2. The second-order valence-corrected chi connectivity index (χ2v) is 4.92. The number of nitrogens with one attached hydrogen (secondary N) is 2. The van der Waals surface area contributed by atoms with Crippen molar-refractivity contribution >= 4 is 17.9 Å². The molecule has 0 aliphatic rings. The molecular formula is C18H17FN2O2. The fraction of sp³-hybridized carbons (Fsp3) is 0.111. The molecule has 0 unspecified atom stereocenters. The molecule has 2 aromatic carbocycles. The van der Waals surface area contributed by atoms with Crippen LogP contribution in [0.25, 0.3) is 6.08 Å². The minimum absolute atomic E-state index is 0.0389. The lowest BCUT2D eigenvalue weighted by molar-refractivity contribution is -0.122. The Morgan fingerprint density at radius 3 is 2.35 bits per heavy atom. The zero-order valence-electron chi connectivity index (χ0n) is 12.7. The van der Waals surface area contributed by atoms with Crippen LogP contribution in [0, 0.1) is 5.82 Å². The molecule has 0 saturated heterocycles. The van der Waals surface area contributed by atoms with Crippen molar-refractivity contribution in [1.29, 1.82) is 0 Å². The lowest BCUT2D eigenvalue weighted by atomic mass is 10.1. The van der Waals surface area contributed by atoms with Gasteiger partial charge in [-0.3, -0.25) is 9.59 Å². The molecule has 0 aliphatic heterocycles. The Morgan fingerprint density at radius 2 is 1.70 bits per heavy atom. The van der Waals surface area contributed by atoms with Crippen LogP contribution in [-0.4, -0.2) is 11.8 Å². The lowest BCUT2D eigenvalue weighted by Crippen LogP contribution is -2.33. The van der Waals surface area contributed by atoms with E-state index >= 15 is 0 Å². The molecule has 2 amide bonds. The van der Waals surface area contributed by atoms with Crippen LogP contribution >= 0.6 is 0 Å². The van der Waals surface area contributed by atoms with Gasteiger partial charge in [0, 0.05) is 19.0 Å². The summed E-state index contributed by atoms with van der Waals surface area (Å²) in [7, 11) is 0. The summed E-state index contributed by atoms with van der Waals surface area (Å²) in [5, 5.41) is 5.10. The maximum absolute atomic E-state index is 13.6. The Kier molecular flexibility index (Phi) is 5.63. The van der Waals surface area contributed by atoms with E-state index in [0.717, 1.165) is 5.56 Å². The Hall–Kier alpha value is -2.95. The summed E-state index contributed by atoms with van der Waals surface area (Å²) in [4.78, 5) is 23.5. The number of halogens is 1. The van der Waals surface area contributed by atoms with Crippen LogP contribution in [0.4, 0.5) is 4.39 Å². The van der Waals surface area contributed by atoms with E-state index in [9.17, 15) is 14.0 Å². The third kappa shape index (κ3) is 5.07. The SMILES string of the molecule is CC(=O)N/C(=C\c1ccccc1)C(=O)NCc1ccccc1F. The van der Waals surface area contributed by atoms with Gasteiger partial charge in [-0.1, -0.05) is 48.5 Å². The highest BCUT2D eigenvalue weighted by molar-refractivity contribution is 6.00. The summed E-state index contributed by atoms with van der Waals surface area (Å²) in [6.07, 6.45) is 1.57. The number of rotatable bonds is 5. The van der Waals surface area contributed by atoms with Crippen LogP contribution in [0.2, 0.25) is 0 Å². The maximum atomic E-state index is 13.6. The van der Waals surface area contributed by atoms with Gasteiger partial charge in [-0.05, 0) is 17.7 Å². The van der Waals surface area contributed by atoms with Crippen LogP contribution < -0.4 is 10.6 Å². The molecule has 0 saturated carbocycles. The van der Waals surface area contributed by atoms with Crippen LogP contribution in [0.1, 0.15) is 18.1 Å². The van der Waals surface area contributed by atoms with Crippen molar-refractivity contribution in [2.75, 3.05) is 0 Å². The van der Waals surface area contributed by atoms with Gasteiger partial charge < -0.3 is 10.6 Å². The molecule has 0 aromatic heterocycles. The molecule has 4 nitrogen and oxygen atoms in total. The van der Waals surface area contributed by atoms with Crippen LogP contribution in [0.5, 0.6) is 0 Å². The van der Waals surface area contributed by atoms with Crippen molar-refractivity contribution < 1.29 is 14.0 Å². The van der Waals surface area contributed by atoms with E-state index in [-0.39, 0.29) is 24.0 Å². The second-order valence-electron chi connectivity index (χ2n) is 4.92. The number of hydrogen-bond donors (Lipinski definition) is 2. The highest BCUT2D eigenvalue weighted by atomic mass is 19.1. The first-order valence-electron chi connectivity index (χ1n) is 7.12. The number of hydrogen-bond acceptors (Lipinski definition) is 2. The van der Waals surface area contributed by atoms with Gasteiger partial charge in [0.05, 0.1) is 0 Å². The molecule has 23 heavy (non-hydrogen) atoms. The molecule has 2 N–H and O–H groups in total. The molecule has 2 aromatic rings. The van der Waals surface area contributed by atoms with Gasteiger partial charge >= 0.3 is 0 Å². The van der Waals surface area contributed by atoms with Crippen molar-refractivity contribution in [2.45, 2.75) is 13.5 Å². The zero-order chi connectivity index (χ0) is 16.7. The first-order valence-corrected chi connectivity index (χ1v) is 7.12. The molecule has 2 rings (SSSR count).